The number of phenolic OH excluding ortho intramolecular Hbond substituents is 1. The van der Waals surface area contributed by atoms with Crippen LogP contribution in [0.2, 0.25) is 10.0 Å². The topological polar surface area (TPSA) is 59.8 Å². The fourth-order valence-corrected chi connectivity index (χ4v) is 4.16. The molecule has 29 heavy (non-hydrogen) atoms. The summed E-state index contributed by atoms with van der Waals surface area (Å²) in [6, 6.07) is 10.8. The van der Waals surface area contributed by atoms with E-state index in [1.807, 2.05) is 23.1 Å². The monoisotopic (exact) mass is 429 g/mol. The fraction of sp³-hybridized carbons (Fsp3) is 0.227. The van der Waals surface area contributed by atoms with Gasteiger partial charge in [0.15, 0.2) is 0 Å². The number of fused-ring (bicyclic) bond motifs is 1. The van der Waals surface area contributed by atoms with Crippen LogP contribution >= 0.6 is 23.2 Å². The SMILES string of the molecule is C=CC(O)N1CCN(c2nccc3cc(Cl)c(-c4ccc(Cl)cc4O)cc23)CC1. The summed E-state index contributed by atoms with van der Waals surface area (Å²) in [5.41, 5.74) is 1.35. The van der Waals surface area contributed by atoms with E-state index in [0.29, 0.717) is 28.7 Å². The van der Waals surface area contributed by atoms with E-state index in [9.17, 15) is 10.2 Å². The molecule has 0 radical (unpaired) electrons. The number of aliphatic hydroxyl groups excluding tert-OH is 1. The molecule has 0 bridgehead atoms. The zero-order valence-electron chi connectivity index (χ0n) is 15.7. The first-order valence-corrected chi connectivity index (χ1v) is 10.1. The normalized spacial score (nSPS) is 16.2. The average Bonchev–Trinajstić information content (AvgIpc) is 2.73. The number of aliphatic hydroxyl groups is 1. The third-order valence-electron chi connectivity index (χ3n) is 5.28. The van der Waals surface area contributed by atoms with Crippen molar-refractivity contribution in [1.82, 2.24) is 9.88 Å². The summed E-state index contributed by atoms with van der Waals surface area (Å²) in [7, 11) is 0. The van der Waals surface area contributed by atoms with Crippen molar-refractivity contribution in [3.63, 3.8) is 0 Å². The minimum absolute atomic E-state index is 0.0798. The summed E-state index contributed by atoms with van der Waals surface area (Å²) in [6.45, 7) is 6.55. The Morgan fingerprint density at radius 3 is 2.48 bits per heavy atom. The number of rotatable bonds is 4. The summed E-state index contributed by atoms with van der Waals surface area (Å²) in [5, 5.41) is 23.3. The molecule has 0 spiro atoms. The van der Waals surface area contributed by atoms with Crippen LogP contribution in [0.3, 0.4) is 0 Å². The molecule has 150 valence electrons. The first-order valence-electron chi connectivity index (χ1n) is 9.34. The van der Waals surface area contributed by atoms with Crippen molar-refractivity contribution >= 4 is 39.8 Å². The minimum atomic E-state index is -0.629. The molecule has 2 heterocycles. The maximum absolute atomic E-state index is 10.4. The number of halogens is 2. The van der Waals surface area contributed by atoms with Gasteiger partial charge in [-0.25, -0.2) is 4.98 Å². The predicted molar refractivity (Wildman–Crippen MR) is 119 cm³/mol. The van der Waals surface area contributed by atoms with Gasteiger partial charge in [-0.2, -0.15) is 0 Å². The van der Waals surface area contributed by atoms with Crippen LogP contribution < -0.4 is 4.90 Å². The van der Waals surface area contributed by atoms with Crippen molar-refractivity contribution in [3.8, 4) is 16.9 Å². The van der Waals surface area contributed by atoms with Crippen molar-refractivity contribution in [3.05, 3.63) is 65.3 Å². The van der Waals surface area contributed by atoms with Gasteiger partial charge in [-0.05, 0) is 47.9 Å². The Labute approximate surface area is 179 Å². The summed E-state index contributed by atoms with van der Waals surface area (Å²) >= 11 is 12.5. The highest BCUT2D eigenvalue weighted by Gasteiger charge is 2.23. The van der Waals surface area contributed by atoms with Gasteiger partial charge in [0.1, 0.15) is 17.8 Å². The van der Waals surface area contributed by atoms with Crippen molar-refractivity contribution in [1.29, 1.82) is 0 Å². The Kier molecular flexibility index (Phi) is 5.65. The molecule has 1 saturated heterocycles. The molecule has 1 aliphatic rings. The van der Waals surface area contributed by atoms with Gasteiger partial charge in [-0.3, -0.25) is 4.90 Å². The number of aromatic hydroxyl groups is 1. The second-order valence-electron chi connectivity index (χ2n) is 7.02. The largest absolute Gasteiger partial charge is 0.507 e. The standard InChI is InChI=1S/C22H21Cl2N3O2/c1-2-21(29)26-7-9-27(10-8-26)22-17-13-18(16-4-3-15(23)12-20(16)28)19(24)11-14(17)5-6-25-22/h2-6,11-13,21,28-29H,1,7-10H2. The number of aromatic nitrogens is 1. The third-order valence-corrected chi connectivity index (χ3v) is 5.83. The first kappa shape index (κ1) is 20.0. The molecular formula is C22H21Cl2N3O2. The molecule has 2 aromatic carbocycles. The van der Waals surface area contributed by atoms with Crippen molar-refractivity contribution in [2.24, 2.45) is 0 Å². The lowest BCUT2D eigenvalue weighted by atomic mass is 10.0. The van der Waals surface area contributed by atoms with Crippen LogP contribution in [0.25, 0.3) is 21.9 Å². The van der Waals surface area contributed by atoms with Gasteiger partial charge in [0.25, 0.3) is 0 Å². The zero-order chi connectivity index (χ0) is 20.5. The molecule has 0 saturated carbocycles. The number of hydrogen-bond donors (Lipinski definition) is 2. The molecule has 2 N–H and O–H groups in total. The Morgan fingerprint density at radius 1 is 1.03 bits per heavy atom. The quantitative estimate of drug-likeness (QED) is 0.596. The Balaban J connectivity index is 1.74. The lowest BCUT2D eigenvalue weighted by Gasteiger charge is -2.37. The number of nitrogens with zero attached hydrogens (tertiary/aromatic N) is 3. The van der Waals surface area contributed by atoms with E-state index in [2.05, 4.69) is 16.5 Å². The second-order valence-corrected chi connectivity index (χ2v) is 7.87. The van der Waals surface area contributed by atoms with E-state index < -0.39 is 6.23 Å². The fourth-order valence-electron chi connectivity index (χ4n) is 3.72. The van der Waals surface area contributed by atoms with Crippen LogP contribution in [0.1, 0.15) is 0 Å². The van der Waals surface area contributed by atoms with Crippen LogP contribution in [0.15, 0.2) is 55.3 Å². The highest BCUT2D eigenvalue weighted by molar-refractivity contribution is 6.34. The Morgan fingerprint density at radius 2 is 1.79 bits per heavy atom. The molecule has 3 aromatic rings. The van der Waals surface area contributed by atoms with Crippen LogP contribution in [0, 0.1) is 0 Å². The Bertz CT molecular complexity index is 1070. The van der Waals surface area contributed by atoms with E-state index in [4.69, 9.17) is 23.2 Å². The molecule has 1 aliphatic heterocycles. The van der Waals surface area contributed by atoms with Crippen molar-refractivity contribution < 1.29 is 10.2 Å². The minimum Gasteiger partial charge on any atom is -0.507 e. The molecule has 0 aliphatic carbocycles. The van der Waals surface area contributed by atoms with Gasteiger partial charge in [-0.1, -0.05) is 29.8 Å². The van der Waals surface area contributed by atoms with Crippen molar-refractivity contribution in [2.45, 2.75) is 6.23 Å². The highest BCUT2D eigenvalue weighted by Crippen LogP contribution is 2.39. The molecular weight excluding hydrogens is 409 g/mol. The smallest absolute Gasteiger partial charge is 0.136 e. The third kappa shape index (κ3) is 3.91. The van der Waals surface area contributed by atoms with E-state index in [1.165, 1.54) is 6.07 Å². The second kappa shape index (κ2) is 8.20. The number of benzene rings is 2. The van der Waals surface area contributed by atoms with Gasteiger partial charge < -0.3 is 15.1 Å². The molecule has 4 rings (SSSR count). The van der Waals surface area contributed by atoms with Gasteiger partial charge in [-0.15, -0.1) is 0 Å². The summed E-state index contributed by atoms with van der Waals surface area (Å²) in [4.78, 5) is 8.80. The highest BCUT2D eigenvalue weighted by atomic mass is 35.5. The molecule has 1 atom stereocenters. The Hall–Kier alpha value is -2.31. The van der Waals surface area contributed by atoms with E-state index in [-0.39, 0.29) is 5.75 Å². The summed E-state index contributed by atoms with van der Waals surface area (Å²) in [6.07, 6.45) is 2.69. The number of anilines is 1. The maximum atomic E-state index is 10.4. The van der Waals surface area contributed by atoms with Crippen LogP contribution in [-0.4, -0.2) is 52.5 Å². The van der Waals surface area contributed by atoms with Crippen molar-refractivity contribution in [2.75, 3.05) is 31.1 Å². The van der Waals surface area contributed by atoms with Crippen LogP contribution in [0.5, 0.6) is 5.75 Å². The van der Waals surface area contributed by atoms with E-state index >= 15 is 0 Å². The number of phenols is 1. The predicted octanol–water partition coefficient (Wildman–Crippen LogP) is 4.54. The average molecular weight is 430 g/mol. The lowest BCUT2D eigenvalue weighted by Crippen LogP contribution is -2.50. The van der Waals surface area contributed by atoms with E-state index in [1.54, 1.807) is 24.4 Å². The first-order chi connectivity index (χ1) is 14.0. The zero-order valence-corrected chi connectivity index (χ0v) is 17.2. The number of pyridine rings is 1. The summed E-state index contributed by atoms with van der Waals surface area (Å²) < 4.78 is 0. The molecule has 1 unspecified atom stereocenters. The maximum Gasteiger partial charge on any atom is 0.136 e. The molecule has 5 nitrogen and oxygen atoms in total. The molecule has 7 heteroatoms. The molecule has 1 fully saturated rings. The van der Waals surface area contributed by atoms with Gasteiger partial charge in [0.2, 0.25) is 0 Å². The number of hydrogen-bond acceptors (Lipinski definition) is 5. The molecule has 0 amide bonds. The summed E-state index contributed by atoms with van der Waals surface area (Å²) in [5.74, 6) is 0.942. The van der Waals surface area contributed by atoms with E-state index in [0.717, 1.165) is 35.2 Å². The van der Waals surface area contributed by atoms with Gasteiger partial charge in [0.05, 0.1) is 0 Å². The number of piperazine rings is 1. The molecule has 1 aromatic heterocycles. The van der Waals surface area contributed by atoms with Crippen LogP contribution in [0.4, 0.5) is 5.82 Å². The van der Waals surface area contributed by atoms with Crippen LogP contribution in [-0.2, 0) is 0 Å². The van der Waals surface area contributed by atoms with Gasteiger partial charge in [0, 0.05) is 58.9 Å². The van der Waals surface area contributed by atoms with Gasteiger partial charge >= 0.3 is 0 Å². The lowest BCUT2D eigenvalue weighted by molar-refractivity contribution is 0.0380.